The molecule has 2 aromatic rings. The topological polar surface area (TPSA) is 85.0 Å². The van der Waals surface area contributed by atoms with Crippen LogP contribution in [0.5, 0.6) is 0 Å². The van der Waals surface area contributed by atoms with Gasteiger partial charge in [-0.1, -0.05) is 19.3 Å². The van der Waals surface area contributed by atoms with Crippen LogP contribution >= 0.6 is 0 Å². The molecule has 3 amide bonds. The largest absolute Gasteiger partial charge is 0.368 e. The Morgan fingerprint density at radius 2 is 1.50 bits per heavy atom. The van der Waals surface area contributed by atoms with E-state index in [0.29, 0.717) is 43.0 Å². The van der Waals surface area contributed by atoms with Gasteiger partial charge in [0.25, 0.3) is 11.8 Å². The molecule has 2 aliphatic heterocycles. The lowest BCUT2D eigenvalue weighted by Gasteiger charge is -2.29. The van der Waals surface area contributed by atoms with Gasteiger partial charge in [0.1, 0.15) is 5.82 Å². The van der Waals surface area contributed by atoms with Crippen molar-refractivity contribution in [2.45, 2.75) is 44.9 Å². The minimum atomic E-state index is -0.409. The van der Waals surface area contributed by atoms with E-state index in [1.54, 1.807) is 6.07 Å². The standard InChI is InChI=1S/C31H40FN5O3/c32-26-11-8-23(9-12-26)29(38)34-27-22-25(31(40)36-16-4-14-33-15-19-36)10-13-28(27)35-17-5-18-37(21-20-35)30(39)24-6-2-1-3-7-24/h8-13,22,24,33H,1-7,14-21H2,(H,34,38). The first-order valence-corrected chi connectivity index (χ1v) is 14.7. The number of hydrogen-bond acceptors (Lipinski definition) is 5. The minimum absolute atomic E-state index is 0.0624. The van der Waals surface area contributed by atoms with Crippen molar-refractivity contribution in [3.05, 3.63) is 59.4 Å². The van der Waals surface area contributed by atoms with E-state index >= 15 is 0 Å². The van der Waals surface area contributed by atoms with E-state index in [9.17, 15) is 18.8 Å². The van der Waals surface area contributed by atoms with Crippen LogP contribution in [0.15, 0.2) is 42.5 Å². The van der Waals surface area contributed by atoms with E-state index in [0.717, 1.165) is 70.4 Å². The molecule has 2 aromatic carbocycles. The van der Waals surface area contributed by atoms with Gasteiger partial charge in [0.2, 0.25) is 5.91 Å². The molecule has 40 heavy (non-hydrogen) atoms. The van der Waals surface area contributed by atoms with Gasteiger partial charge in [-0.3, -0.25) is 14.4 Å². The van der Waals surface area contributed by atoms with E-state index in [1.807, 2.05) is 21.9 Å². The minimum Gasteiger partial charge on any atom is -0.368 e. The Morgan fingerprint density at radius 1 is 0.750 bits per heavy atom. The fourth-order valence-electron chi connectivity index (χ4n) is 6.06. The molecule has 1 saturated carbocycles. The zero-order chi connectivity index (χ0) is 27.9. The third-order valence-corrected chi connectivity index (χ3v) is 8.33. The predicted molar refractivity (Wildman–Crippen MR) is 154 cm³/mol. The van der Waals surface area contributed by atoms with Crippen LogP contribution in [-0.4, -0.2) is 79.9 Å². The summed E-state index contributed by atoms with van der Waals surface area (Å²) < 4.78 is 13.5. The Kier molecular flexibility index (Phi) is 9.31. The Bertz CT molecular complexity index is 1190. The Labute approximate surface area is 235 Å². The quantitative estimate of drug-likeness (QED) is 0.586. The molecule has 5 rings (SSSR count). The van der Waals surface area contributed by atoms with Gasteiger partial charge in [-0.05, 0) is 74.7 Å². The average Bonchev–Trinajstić information content (AvgIpc) is 3.41. The highest BCUT2D eigenvalue weighted by Gasteiger charge is 2.28. The number of carbonyl (C=O) groups excluding carboxylic acids is 3. The predicted octanol–water partition coefficient (Wildman–Crippen LogP) is 4.13. The second kappa shape index (κ2) is 13.3. The number of amides is 3. The van der Waals surface area contributed by atoms with Crippen molar-refractivity contribution in [1.29, 1.82) is 0 Å². The second-order valence-electron chi connectivity index (χ2n) is 11.1. The highest BCUT2D eigenvalue weighted by atomic mass is 19.1. The molecule has 0 bridgehead atoms. The van der Waals surface area contributed by atoms with Crippen LogP contribution < -0.4 is 15.5 Å². The molecule has 0 atom stereocenters. The molecule has 3 fully saturated rings. The van der Waals surface area contributed by atoms with Crippen LogP contribution in [0.4, 0.5) is 15.8 Å². The third-order valence-electron chi connectivity index (χ3n) is 8.33. The molecule has 2 N–H and O–H groups in total. The maximum atomic E-state index is 13.5. The van der Waals surface area contributed by atoms with Crippen LogP contribution in [-0.2, 0) is 4.79 Å². The van der Waals surface area contributed by atoms with Gasteiger partial charge >= 0.3 is 0 Å². The van der Waals surface area contributed by atoms with Gasteiger partial charge in [-0.15, -0.1) is 0 Å². The molecule has 3 aliphatic rings. The Hall–Kier alpha value is -3.46. The summed E-state index contributed by atoms with van der Waals surface area (Å²) in [6.45, 7) is 5.68. The van der Waals surface area contributed by atoms with Crippen LogP contribution in [0.2, 0.25) is 0 Å². The number of carbonyl (C=O) groups is 3. The normalized spacial score (nSPS) is 19.1. The molecule has 214 valence electrons. The zero-order valence-electron chi connectivity index (χ0n) is 23.2. The second-order valence-corrected chi connectivity index (χ2v) is 11.1. The van der Waals surface area contributed by atoms with Gasteiger partial charge in [0.05, 0.1) is 11.4 Å². The van der Waals surface area contributed by atoms with Crippen molar-refractivity contribution in [2.75, 3.05) is 62.6 Å². The van der Waals surface area contributed by atoms with E-state index < -0.39 is 5.82 Å². The number of rotatable bonds is 5. The molecule has 0 spiro atoms. The maximum absolute atomic E-state index is 13.5. The third kappa shape index (κ3) is 6.81. The van der Waals surface area contributed by atoms with E-state index in [1.165, 1.54) is 30.7 Å². The van der Waals surface area contributed by atoms with Crippen molar-refractivity contribution in [3.8, 4) is 0 Å². The summed E-state index contributed by atoms with van der Waals surface area (Å²) in [5.41, 5.74) is 2.21. The highest BCUT2D eigenvalue weighted by Crippen LogP contribution is 2.31. The molecule has 1 aliphatic carbocycles. The first-order valence-electron chi connectivity index (χ1n) is 14.7. The first-order chi connectivity index (χ1) is 19.5. The zero-order valence-corrected chi connectivity index (χ0v) is 23.2. The fourth-order valence-corrected chi connectivity index (χ4v) is 6.06. The summed E-state index contributed by atoms with van der Waals surface area (Å²) >= 11 is 0. The SMILES string of the molecule is O=C(Nc1cc(C(=O)N2CCCNCC2)ccc1N1CCCN(C(=O)C2CCCCC2)CC1)c1ccc(F)cc1. The first kappa shape index (κ1) is 28.1. The molecule has 2 heterocycles. The van der Waals surface area contributed by atoms with Gasteiger partial charge < -0.3 is 25.3 Å². The number of anilines is 2. The number of halogens is 1. The molecule has 8 nitrogen and oxygen atoms in total. The van der Waals surface area contributed by atoms with Crippen molar-refractivity contribution in [1.82, 2.24) is 15.1 Å². The van der Waals surface area contributed by atoms with Crippen molar-refractivity contribution >= 4 is 29.1 Å². The summed E-state index contributed by atoms with van der Waals surface area (Å²) in [5.74, 6) is -0.417. The summed E-state index contributed by atoms with van der Waals surface area (Å²) in [4.78, 5) is 45.8. The van der Waals surface area contributed by atoms with Gasteiger partial charge in [-0.2, -0.15) is 0 Å². The summed E-state index contributed by atoms with van der Waals surface area (Å²) in [6, 6.07) is 10.9. The molecule has 0 aromatic heterocycles. The smallest absolute Gasteiger partial charge is 0.255 e. The number of hydrogen-bond donors (Lipinski definition) is 2. The summed E-state index contributed by atoms with van der Waals surface area (Å²) in [7, 11) is 0. The van der Waals surface area contributed by atoms with Gasteiger partial charge in [-0.25, -0.2) is 4.39 Å². The lowest BCUT2D eigenvalue weighted by Crippen LogP contribution is -2.39. The van der Waals surface area contributed by atoms with Gasteiger partial charge in [0, 0.05) is 62.9 Å². The number of nitrogens with zero attached hydrogens (tertiary/aromatic N) is 3. The van der Waals surface area contributed by atoms with Crippen molar-refractivity contribution in [3.63, 3.8) is 0 Å². The molecule has 9 heteroatoms. The highest BCUT2D eigenvalue weighted by molar-refractivity contribution is 6.07. The molecule has 0 radical (unpaired) electrons. The molecular formula is C31H40FN5O3. The van der Waals surface area contributed by atoms with Crippen LogP contribution in [0.3, 0.4) is 0 Å². The molecule has 2 saturated heterocycles. The maximum Gasteiger partial charge on any atom is 0.255 e. The summed E-state index contributed by atoms with van der Waals surface area (Å²) in [6.07, 6.45) is 7.17. The van der Waals surface area contributed by atoms with Crippen LogP contribution in [0, 0.1) is 11.7 Å². The lowest BCUT2D eigenvalue weighted by molar-refractivity contribution is -0.136. The van der Waals surface area contributed by atoms with Gasteiger partial charge in [0.15, 0.2) is 0 Å². The average molecular weight is 550 g/mol. The number of nitrogens with one attached hydrogen (secondary N) is 2. The Balaban J connectivity index is 1.37. The lowest BCUT2D eigenvalue weighted by atomic mass is 9.88. The van der Waals surface area contributed by atoms with Crippen LogP contribution in [0.1, 0.15) is 65.7 Å². The monoisotopic (exact) mass is 549 g/mol. The van der Waals surface area contributed by atoms with Crippen molar-refractivity contribution in [2.24, 2.45) is 5.92 Å². The Morgan fingerprint density at radius 3 is 2.30 bits per heavy atom. The van der Waals surface area contributed by atoms with Crippen molar-refractivity contribution < 1.29 is 18.8 Å². The fraction of sp³-hybridized carbons (Fsp3) is 0.516. The molecule has 0 unspecified atom stereocenters. The summed E-state index contributed by atoms with van der Waals surface area (Å²) in [5, 5.41) is 6.31. The van der Waals surface area contributed by atoms with E-state index in [-0.39, 0.29) is 23.6 Å². The molecular weight excluding hydrogens is 509 g/mol. The van der Waals surface area contributed by atoms with E-state index in [4.69, 9.17) is 0 Å². The van der Waals surface area contributed by atoms with E-state index in [2.05, 4.69) is 15.5 Å². The van der Waals surface area contributed by atoms with Crippen LogP contribution in [0.25, 0.3) is 0 Å². The number of benzene rings is 2.